The molecule has 4 aliphatic heterocycles. The van der Waals surface area contributed by atoms with E-state index in [-0.39, 0.29) is 28.4 Å². The van der Waals surface area contributed by atoms with Crippen molar-refractivity contribution < 1.29 is 0 Å². The fourth-order valence-corrected chi connectivity index (χ4v) is 21.7. The zero-order valence-corrected chi connectivity index (χ0v) is 56.6. The molecular weight excluding hydrogens is 1070 g/mol. The van der Waals surface area contributed by atoms with Gasteiger partial charge in [-0.25, -0.2) is 0 Å². The lowest BCUT2D eigenvalue weighted by Crippen LogP contribution is -2.77. The van der Waals surface area contributed by atoms with Gasteiger partial charge in [-0.1, -0.05) is 229 Å². The fraction of sp³-hybridized carbons (Fsp3) is 0.341. The van der Waals surface area contributed by atoms with E-state index in [1.165, 1.54) is 149 Å². The Labute approximate surface area is 519 Å². The molecule has 0 saturated carbocycles. The van der Waals surface area contributed by atoms with Crippen molar-refractivity contribution in [2.24, 2.45) is 0 Å². The molecule has 6 heterocycles. The average Bonchev–Trinajstić information content (AvgIpc) is 1.53. The summed E-state index contributed by atoms with van der Waals surface area (Å²) < 4.78 is 5.62. The van der Waals surface area contributed by atoms with Gasteiger partial charge in [0.2, 0.25) is 0 Å². The van der Waals surface area contributed by atoms with E-state index >= 15 is 0 Å². The molecule has 0 unspecified atom stereocenters. The first-order valence-corrected chi connectivity index (χ1v) is 34.8. The van der Waals surface area contributed by atoms with Gasteiger partial charge >= 0.3 is 0 Å². The van der Waals surface area contributed by atoms with Crippen LogP contribution in [0.2, 0.25) is 0 Å². The Hall–Kier alpha value is -7.34. The highest BCUT2D eigenvalue weighted by molar-refractivity contribution is 7.24. The van der Waals surface area contributed by atoms with Crippen LogP contribution in [0.1, 0.15) is 207 Å². The van der Waals surface area contributed by atoms with Gasteiger partial charge in [-0.2, -0.15) is 0 Å². The number of nitrogens with zero attached hydrogens (tertiary/aromatic N) is 3. The van der Waals surface area contributed by atoms with Crippen molar-refractivity contribution in [2.75, 3.05) is 4.90 Å². The van der Waals surface area contributed by atoms with Crippen LogP contribution in [0, 0.1) is 0 Å². The molecule has 1 spiro atoms. The maximum Gasteiger partial charge on any atom is 0.252 e. The summed E-state index contributed by atoms with van der Waals surface area (Å²) in [6.07, 6.45) is 0. The molecule has 9 aromatic carbocycles. The molecule has 438 valence electrons. The third-order valence-corrected chi connectivity index (χ3v) is 26.0. The Morgan fingerprint density at radius 1 is 0.391 bits per heavy atom. The van der Waals surface area contributed by atoms with Crippen molar-refractivity contribution in [3.05, 3.63) is 190 Å². The summed E-state index contributed by atoms with van der Waals surface area (Å²) in [5.74, 6) is 1.46. The largest absolute Gasteiger partial charge is 0.310 e. The highest BCUT2D eigenvalue weighted by Gasteiger charge is 2.57. The van der Waals surface area contributed by atoms with Crippen LogP contribution in [0.3, 0.4) is 0 Å². The average molecular weight is 1150 g/mol. The normalized spacial score (nSPS) is 14.7. The number of fused-ring (bicyclic) bond motifs is 14. The smallest absolute Gasteiger partial charge is 0.252 e. The van der Waals surface area contributed by atoms with Crippen LogP contribution < -0.4 is 42.0 Å². The first kappa shape index (κ1) is 56.2. The minimum absolute atomic E-state index is 0.0409. The van der Waals surface area contributed by atoms with Crippen molar-refractivity contribution in [1.29, 1.82) is 0 Å². The van der Waals surface area contributed by atoms with Gasteiger partial charge in [0.15, 0.2) is 8.07 Å². The summed E-state index contributed by atoms with van der Waals surface area (Å²) in [5.41, 5.74) is 29.7. The second-order valence-corrected chi connectivity index (χ2v) is 35.9. The molecule has 0 amide bonds. The van der Waals surface area contributed by atoms with Gasteiger partial charge in [0.1, 0.15) is 0 Å². The van der Waals surface area contributed by atoms with E-state index in [2.05, 4.69) is 298 Å². The van der Waals surface area contributed by atoms with Crippen molar-refractivity contribution in [3.8, 4) is 22.5 Å². The van der Waals surface area contributed by atoms with E-state index < -0.39 is 8.07 Å². The summed E-state index contributed by atoms with van der Waals surface area (Å²) >= 11 is 0. The van der Waals surface area contributed by atoms with E-state index in [1.54, 1.807) is 15.6 Å². The van der Waals surface area contributed by atoms with E-state index in [0.29, 0.717) is 23.7 Å². The predicted molar refractivity (Wildman–Crippen MR) is 382 cm³/mol. The first-order valence-electron chi connectivity index (χ1n) is 32.8. The number of hydrogen-bond donors (Lipinski definition) is 0. The summed E-state index contributed by atoms with van der Waals surface area (Å²) in [5, 5.41) is 11.6. The van der Waals surface area contributed by atoms with Gasteiger partial charge in [-0.3, -0.25) is 0 Å². The molecular formula is C82H88BN3Si. The maximum atomic E-state index is 2.86. The Bertz CT molecular complexity index is 4720. The number of hydrogen-bond acceptors (Lipinski definition) is 1. The summed E-state index contributed by atoms with van der Waals surface area (Å²) in [7, 11) is -3.21. The van der Waals surface area contributed by atoms with Crippen LogP contribution in [-0.4, -0.2) is 23.9 Å². The number of aromatic nitrogens is 2. The van der Waals surface area contributed by atoms with E-state index in [0.717, 1.165) is 0 Å². The van der Waals surface area contributed by atoms with Crippen LogP contribution in [0.4, 0.5) is 17.1 Å². The summed E-state index contributed by atoms with van der Waals surface area (Å²) in [6.45, 7) is 47.8. The van der Waals surface area contributed by atoms with E-state index in [4.69, 9.17) is 0 Å². The third kappa shape index (κ3) is 7.79. The Balaban J connectivity index is 1.16. The van der Waals surface area contributed by atoms with Gasteiger partial charge in [-0.15, -0.1) is 0 Å². The molecule has 4 aliphatic rings. The highest BCUT2D eigenvalue weighted by Crippen LogP contribution is 2.50. The van der Waals surface area contributed by atoms with Crippen LogP contribution in [0.5, 0.6) is 0 Å². The molecule has 15 rings (SSSR count). The van der Waals surface area contributed by atoms with Crippen LogP contribution in [-0.2, 0) is 21.7 Å². The standard InChI is InChI=1S/C82H88BN3Si/c1-45(2)49-22-21-23-57(35-49)84(58-36-51(47(5)6)34-52(37-58)48(7)8)66-31-30-64-77-73(66)61-27-24-50(46(3)4)38-68(61)85(77)67-32-33-69-78-74(67)83(64)65-41-55(81(15,16)17)39-62-63-40-56(82(18,19)20)44-72(76(63)86(78)75(62)65)87(69)70-42-53(79(9,10)11)25-28-59(70)60-29-26-54(43-71(60)87)80(12,13)14/h21-48H,1-20H3. The summed E-state index contributed by atoms with van der Waals surface area (Å²) in [6, 6.07) is 60.8. The molecule has 0 aliphatic carbocycles. The van der Waals surface area contributed by atoms with Crippen molar-refractivity contribution >= 4 is 113 Å². The fourth-order valence-electron chi connectivity index (χ4n) is 16.1. The molecule has 5 heteroatoms. The van der Waals surface area contributed by atoms with Crippen molar-refractivity contribution in [3.63, 3.8) is 0 Å². The molecule has 0 saturated heterocycles. The van der Waals surface area contributed by atoms with Gasteiger partial charge < -0.3 is 14.0 Å². The zero-order chi connectivity index (χ0) is 61.4. The van der Waals surface area contributed by atoms with Gasteiger partial charge in [0.05, 0.1) is 22.2 Å². The van der Waals surface area contributed by atoms with E-state index in [9.17, 15) is 0 Å². The Morgan fingerprint density at radius 2 is 0.931 bits per heavy atom. The maximum absolute atomic E-state index is 3.21. The lowest BCUT2D eigenvalue weighted by molar-refractivity contribution is 0.590. The quantitative estimate of drug-likeness (QED) is 0.145. The zero-order valence-electron chi connectivity index (χ0n) is 55.6. The molecule has 0 atom stereocenters. The minimum Gasteiger partial charge on any atom is -0.310 e. The Kier molecular flexibility index (Phi) is 11.9. The van der Waals surface area contributed by atoms with Crippen LogP contribution >= 0.6 is 0 Å². The lowest BCUT2D eigenvalue weighted by atomic mass is 9.34. The second-order valence-electron chi connectivity index (χ2n) is 32.2. The Morgan fingerprint density at radius 3 is 1.51 bits per heavy atom. The minimum atomic E-state index is -3.21. The predicted octanol–water partition coefficient (Wildman–Crippen LogP) is 17.8. The summed E-state index contributed by atoms with van der Waals surface area (Å²) in [4.78, 5) is 2.64. The number of benzene rings is 9. The van der Waals surface area contributed by atoms with Gasteiger partial charge in [0.25, 0.3) is 6.71 Å². The van der Waals surface area contributed by atoms with Crippen LogP contribution in [0.15, 0.2) is 146 Å². The molecule has 0 radical (unpaired) electrons. The number of rotatable bonds is 7. The molecule has 11 aromatic rings. The molecule has 3 nitrogen and oxygen atoms in total. The van der Waals surface area contributed by atoms with Crippen molar-refractivity contribution in [2.45, 2.75) is 184 Å². The van der Waals surface area contributed by atoms with Gasteiger partial charge in [0, 0.05) is 49.8 Å². The third-order valence-electron chi connectivity index (χ3n) is 21.2. The van der Waals surface area contributed by atoms with Crippen LogP contribution in [0.25, 0.3) is 66.1 Å². The molecule has 2 aromatic heterocycles. The monoisotopic (exact) mass is 1150 g/mol. The van der Waals surface area contributed by atoms with E-state index in [1.807, 2.05) is 0 Å². The highest BCUT2D eigenvalue weighted by atomic mass is 28.3. The molecule has 0 bridgehead atoms. The van der Waals surface area contributed by atoms with Crippen molar-refractivity contribution in [1.82, 2.24) is 9.13 Å². The first-order chi connectivity index (χ1) is 41.0. The molecule has 0 fully saturated rings. The lowest BCUT2D eigenvalue weighted by Gasteiger charge is -2.43. The second kappa shape index (κ2) is 18.4. The SMILES string of the molecule is CC(C)c1cccc(N(c2cc(C(C)C)cc(C(C)C)c2)c2ccc3c4c2c2ccc(C(C)C)cc2n4-c2ccc4c5c2B3c2cc(C(C)(C)C)cc3c6cc(C(C)(C)C)cc(c6n-5c23)[Si]42c3cc(C(C)(C)C)ccc3-c3ccc(C(C)(C)C)cc32)c1. The number of anilines is 3. The topological polar surface area (TPSA) is 13.1 Å². The molecule has 87 heavy (non-hydrogen) atoms. The molecule has 0 N–H and O–H groups in total. The van der Waals surface area contributed by atoms with Gasteiger partial charge in [-0.05, 0) is 193 Å².